The van der Waals surface area contributed by atoms with Crippen LogP contribution in [0.3, 0.4) is 0 Å². The van der Waals surface area contributed by atoms with Crippen molar-refractivity contribution >= 4 is 0 Å². The van der Waals surface area contributed by atoms with E-state index < -0.39 is 0 Å². The van der Waals surface area contributed by atoms with Crippen LogP contribution < -0.4 is 5.73 Å². The Balaban J connectivity index is 2.44. The Morgan fingerprint density at radius 2 is 2.00 bits per heavy atom. The molecule has 1 unspecified atom stereocenters. The molecule has 0 amide bonds. The van der Waals surface area contributed by atoms with Crippen molar-refractivity contribution in [1.29, 1.82) is 0 Å². The van der Waals surface area contributed by atoms with Crippen LogP contribution in [-0.4, -0.2) is 36.2 Å². The van der Waals surface area contributed by atoms with Gasteiger partial charge in [-0.25, -0.2) is 0 Å². The van der Waals surface area contributed by atoms with Gasteiger partial charge in [0.25, 0.3) is 0 Å². The van der Waals surface area contributed by atoms with Crippen LogP contribution >= 0.6 is 0 Å². The molecule has 0 aliphatic rings. The zero-order chi connectivity index (χ0) is 13.4. The minimum absolute atomic E-state index is 0.106. The molecule has 0 aromatic heterocycles. The first-order chi connectivity index (χ1) is 8.69. The highest BCUT2D eigenvalue weighted by Crippen LogP contribution is 2.18. The van der Waals surface area contributed by atoms with Crippen LogP contribution in [0.1, 0.15) is 36.9 Å². The number of aliphatic hydroxyl groups is 1. The summed E-state index contributed by atoms with van der Waals surface area (Å²) in [4.78, 5) is 2.34. The molecule has 1 aromatic carbocycles. The molecule has 1 atom stereocenters. The van der Waals surface area contributed by atoms with Gasteiger partial charge < -0.3 is 15.7 Å². The largest absolute Gasteiger partial charge is 0.396 e. The minimum atomic E-state index is 0.106. The van der Waals surface area contributed by atoms with E-state index in [4.69, 9.17) is 10.8 Å². The van der Waals surface area contributed by atoms with E-state index in [1.54, 1.807) is 0 Å². The third-order valence-corrected chi connectivity index (χ3v) is 3.42. The monoisotopic (exact) mass is 250 g/mol. The van der Waals surface area contributed by atoms with Gasteiger partial charge in [-0.1, -0.05) is 31.2 Å². The fourth-order valence-electron chi connectivity index (χ4n) is 2.20. The summed E-state index contributed by atoms with van der Waals surface area (Å²) in [6.45, 7) is 7.48. The van der Waals surface area contributed by atoms with Gasteiger partial charge in [0, 0.05) is 19.2 Å². The summed E-state index contributed by atoms with van der Waals surface area (Å²) in [6, 6.07) is 8.42. The molecule has 0 aliphatic carbocycles. The van der Waals surface area contributed by atoms with Crippen molar-refractivity contribution in [3.05, 3.63) is 35.4 Å². The van der Waals surface area contributed by atoms with Crippen LogP contribution in [0.15, 0.2) is 24.3 Å². The van der Waals surface area contributed by atoms with E-state index in [1.807, 2.05) is 12.1 Å². The maximum atomic E-state index is 8.85. The van der Waals surface area contributed by atoms with Crippen molar-refractivity contribution in [2.24, 2.45) is 5.73 Å². The lowest BCUT2D eigenvalue weighted by Gasteiger charge is -2.22. The number of hydrogen-bond donors (Lipinski definition) is 2. The van der Waals surface area contributed by atoms with E-state index in [1.165, 1.54) is 11.1 Å². The molecular formula is C15H26N2O. The molecule has 3 nitrogen and oxygen atoms in total. The topological polar surface area (TPSA) is 49.5 Å². The van der Waals surface area contributed by atoms with Crippen molar-refractivity contribution in [2.45, 2.75) is 32.7 Å². The van der Waals surface area contributed by atoms with Gasteiger partial charge in [-0.2, -0.15) is 0 Å². The maximum absolute atomic E-state index is 8.85. The van der Waals surface area contributed by atoms with Gasteiger partial charge in [-0.15, -0.1) is 0 Å². The lowest BCUT2D eigenvalue weighted by molar-refractivity contribution is 0.225. The molecule has 102 valence electrons. The zero-order valence-electron chi connectivity index (χ0n) is 11.6. The molecule has 0 heterocycles. The number of aliphatic hydroxyl groups excluding tert-OH is 1. The van der Waals surface area contributed by atoms with Crippen molar-refractivity contribution < 1.29 is 5.11 Å². The highest BCUT2D eigenvalue weighted by atomic mass is 16.3. The van der Waals surface area contributed by atoms with Gasteiger partial charge in [0.1, 0.15) is 0 Å². The Hall–Kier alpha value is -0.900. The fraction of sp³-hybridized carbons (Fsp3) is 0.600. The summed E-state index contributed by atoms with van der Waals surface area (Å²) in [6.07, 6.45) is 1.80. The van der Waals surface area contributed by atoms with E-state index in [9.17, 15) is 0 Å². The third-order valence-electron chi connectivity index (χ3n) is 3.42. The first-order valence-corrected chi connectivity index (χ1v) is 6.83. The standard InChI is InChI=1S/C15H26N2O/c1-3-17(10-6-12-18)11-9-15(16)14-8-5-4-7-13(14)2/h4-5,7-8,15,18H,3,6,9-12,16H2,1-2H3. The number of rotatable bonds is 8. The van der Waals surface area contributed by atoms with Crippen molar-refractivity contribution in [2.75, 3.05) is 26.2 Å². The molecule has 0 saturated carbocycles. The zero-order valence-corrected chi connectivity index (χ0v) is 11.6. The molecule has 0 aliphatic heterocycles. The highest BCUT2D eigenvalue weighted by Gasteiger charge is 2.10. The van der Waals surface area contributed by atoms with E-state index in [0.29, 0.717) is 0 Å². The fourth-order valence-corrected chi connectivity index (χ4v) is 2.20. The summed E-state index contributed by atoms with van der Waals surface area (Å²) < 4.78 is 0. The Bertz CT molecular complexity index is 341. The van der Waals surface area contributed by atoms with Gasteiger partial charge in [0.15, 0.2) is 0 Å². The van der Waals surface area contributed by atoms with Crippen molar-refractivity contribution in [1.82, 2.24) is 4.90 Å². The first kappa shape index (κ1) is 15.2. The van der Waals surface area contributed by atoms with E-state index in [0.717, 1.165) is 32.5 Å². The molecule has 0 radical (unpaired) electrons. The molecule has 1 rings (SSSR count). The number of nitrogens with zero attached hydrogens (tertiary/aromatic N) is 1. The van der Waals surface area contributed by atoms with E-state index in [2.05, 4.69) is 30.9 Å². The quantitative estimate of drug-likeness (QED) is 0.743. The van der Waals surface area contributed by atoms with Gasteiger partial charge in [0.05, 0.1) is 0 Å². The Morgan fingerprint density at radius 1 is 1.28 bits per heavy atom. The molecular weight excluding hydrogens is 224 g/mol. The second-order valence-electron chi connectivity index (χ2n) is 4.76. The molecule has 0 bridgehead atoms. The minimum Gasteiger partial charge on any atom is -0.396 e. The average molecular weight is 250 g/mol. The normalized spacial score (nSPS) is 12.9. The van der Waals surface area contributed by atoms with Crippen LogP contribution in [0.25, 0.3) is 0 Å². The van der Waals surface area contributed by atoms with Crippen LogP contribution in [0.2, 0.25) is 0 Å². The van der Waals surface area contributed by atoms with Gasteiger partial charge in [0.2, 0.25) is 0 Å². The smallest absolute Gasteiger partial charge is 0.0443 e. The SMILES string of the molecule is CCN(CCCO)CCC(N)c1ccccc1C. The molecule has 3 heteroatoms. The summed E-state index contributed by atoms with van der Waals surface area (Å²) in [5, 5.41) is 8.85. The average Bonchev–Trinajstić information content (AvgIpc) is 2.39. The predicted octanol–water partition coefficient (Wildman–Crippen LogP) is 2.09. The first-order valence-electron chi connectivity index (χ1n) is 6.83. The van der Waals surface area contributed by atoms with E-state index in [-0.39, 0.29) is 12.6 Å². The molecule has 0 saturated heterocycles. The number of benzene rings is 1. The Labute approximate surface area is 111 Å². The summed E-state index contributed by atoms with van der Waals surface area (Å²) >= 11 is 0. The van der Waals surface area contributed by atoms with Crippen LogP contribution in [0.5, 0.6) is 0 Å². The van der Waals surface area contributed by atoms with Crippen LogP contribution in [0.4, 0.5) is 0 Å². The molecule has 3 N–H and O–H groups in total. The Morgan fingerprint density at radius 3 is 2.61 bits per heavy atom. The second-order valence-corrected chi connectivity index (χ2v) is 4.76. The highest BCUT2D eigenvalue weighted by molar-refractivity contribution is 5.28. The number of nitrogens with two attached hydrogens (primary N) is 1. The van der Waals surface area contributed by atoms with Crippen molar-refractivity contribution in [3.8, 4) is 0 Å². The van der Waals surface area contributed by atoms with Crippen LogP contribution in [-0.2, 0) is 0 Å². The molecule has 18 heavy (non-hydrogen) atoms. The summed E-state index contributed by atoms with van der Waals surface area (Å²) in [7, 11) is 0. The van der Waals surface area contributed by atoms with Crippen molar-refractivity contribution in [3.63, 3.8) is 0 Å². The molecule has 0 fully saturated rings. The summed E-state index contributed by atoms with van der Waals surface area (Å²) in [5.74, 6) is 0. The van der Waals surface area contributed by atoms with E-state index >= 15 is 0 Å². The Kier molecular flexibility index (Phi) is 6.94. The predicted molar refractivity (Wildman–Crippen MR) is 76.5 cm³/mol. The van der Waals surface area contributed by atoms with Gasteiger partial charge in [-0.3, -0.25) is 0 Å². The third kappa shape index (κ3) is 4.77. The van der Waals surface area contributed by atoms with Gasteiger partial charge in [-0.05, 0) is 44.0 Å². The lowest BCUT2D eigenvalue weighted by atomic mass is 9.99. The maximum Gasteiger partial charge on any atom is 0.0443 e. The molecule has 1 aromatic rings. The number of hydrogen-bond acceptors (Lipinski definition) is 3. The summed E-state index contributed by atoms with van der Waals surface area (Å²) in [5.41, 5.74) is 8.76. The lowest BCUT2D eigenvalue weighted by Crippen LogP contribution is -2.29. The van der Waals surface area contributed by atoms with Gasteiger partial charge >= 0.3 is 0 Å². The van der Waals surface area contributed by atoms with Crippen LogP contribution in [0, 0.1) is 6.92 Å². The molecule has 0 spiro atoms. The number of aryl methyl sites for hydroxylation is 1. The second kappa shape index (κ2) is 8.25.